The first-order valence-corrected chi connectivity index (χ1v) is 9.35. The second-order valence-electron chi connectivity index (χ2n) is 6.61. The molecule has 3 N–H and O–H groups in total. The van der Waals surface area contributed by atoms with Crippen molar-refractivity contribution in [2.45, 2.75) is 31.9 Å². The van der Waals surface area contributed by atoms with Gasteiger partial charge in [0.15, 0.2) is 6.10 Å². The predicted octanol–water partition coefficient (Wildman–Crippen LogP) is 2.34. The van der Waals surface area contributed by atoms with E-state index in [9.17, 15) is 19.2 Å². The molecule has 0 bridgehead atoms. The lowest BCUT2D eigenvalue weighted by molar-refractivity contribution is -0.153. The molecule has 0 radical (unpaired) electrons. The number of benzene rings is 2. The number of imide groups is 1. The van der Waals surface area contributed by atoms with Gasteiger partial charge >= 0.3 is 12.0 Å². The van der Waals surface area contributed by atoms with Gasteiger partial charge in [0, 0.05) is 12.1 Å². The van der Waals surface area contributed by atoms with Crippen LogP contribution in [-0.2, 0) is 19.1 Å². The number of ether oxygens (including phenoxy) is 2. The summed E-state index contributed by atoms with van der Waals surface area (Å²) in [5, 5.41) is 7.13. The number of carbonyl (C=O) groups is 4. The summed E-state index contributed by atoms with van der Waals surface area (Å²) in [5.74, 6) is -0.310. The van der Waals surface area contributed by atoms with Gasteiger partial charge in [-0.2, -0.15) is 0 Å². The van der Waals surface area contributed by atoms with Crippen molar-refractivity contribution in [3.63, 3.8) is 0 Å². The summed E-state index contributed by atoms with van der Waals surface area (Å²) in [6.07, 6.45) is -1.04. The van der Waals surface area contributed by atoms with Crippen LogP contribution in [0.2, 0.25) is 0 Å². The van der Waals surface area contributed by atoms with Crippen LogP contribution >= 0.6 is 0 Å². The van der Waals surface area contributed by atoms with E-state index in [1.807, 2.05) is 30.3 Å². The second kappa shape index (κ2) is 9.55. The molecule has 1 heterocycles. The van der Waals surface area contributed by atoms with E-state index < -0.39 is 36.0 Å². The zero-order chi connectivity index (χ0) is 21.5. The summed E-state index contributed by atoms with van der Waals surface area (Å²) in [6.45, 7) is 1.45. The number of anilines is 1. The maximum absolute atomic E-state index is 12.2. The highest BCUT2D eigenvalue weighted by molar-refractivity contribution is 6.04. The van der Waals surface area contributed by atoms with Crippen LogP contribution in [0.3, 0.4) is 0 Å². The molecule has 1 saturated heterocycles. The zero-order valence-corrected chi connectivity index (χ0v) is 16.2. The van der Waals surface area contributed by atoms with Crippen molar-refractivity contribution in [1.82, 2.24) is 10.6 Å². The van der Waals surface area contributed by atoms with Gasteiger partial charge in [-0.1, -0.05) is 18.2 Å². The van der Waals surface area contributed by atoms with Gasteiger partial charge in [0.25, 0.3) is 11.8 Å². The number of esters is 1. The molecule has 3 rings (SSSR count). The summed E-state index contributed by atoms with van der Waals surface area (Å²) in [7, 11) is 0. The third-order valence-corrected chi connectivity index (χ3v) is 4.27. The minimum Gasteiger partial charge on any atom is -0.457 e. The molecule has 0 aromatic heterocycles. The molecule has 1 aliphatic heterocycles. The molecule has 2 atom stereocenters. The molecular formula is C21H21N3O6. The number of para-hydroxylation sites is 1. The Labute approximate surface area is 172 Å². The average Bonchev–Trinajstić information content (AvgIpc) is 3.05. The van der Waals surface area contributed by atoms with Gasteiger partial charge in [0.1, 0.15) is 17.5 Å². The summed E-state index contributed by atoms with van der Waals surface area (Å²) >= 11 is 0. The SMILES string of the molecule is CC(OC(=O)CCC1NC(=O)NC1=O)C(=O)Nc1ccc(Oc2ccccc2)cc1. The fourth-order valence-electron chi connectivity index (χ4n) is 2.71. The summed E-state index contributed by atoms with van der Waals surface area (Å²) < 4.78 is 10.8. The molecule has 1 fully saturated rings. The Morgan fingerprint density at radius 2 is 1.70 bits per heavy atom. The van der Waals surface area contributed by atoms with Gasteiger partial charge in [0.05, 0.1) is 0 Å². The summed E-state index contributed by atoms with van der Waals surface area (Å²) in [5.41, 5.74) is 0.522. The first-order chi connectivity index (χ1) is 14.4. The number of hydrogen-bond acceptors (Lipinski definition) is 6. The van der Waals surface area contributed by atoms with Crippen LogP contribution in [-0.4, -0.2) is 36.0 Å². The highest BCUT2D eigenvalue weighted by atomic mass is 16.5. The molecule has 30 heavy (non-hydrogen) atoms. The molecule has 4 amide bonds. The number of nitrogens with one attached hydrogen (secondary N) is 3. The zero-order valence-electron chi connectivity index (χ0n) is 16.2. The molecular weight excluding hydrogens is 390 g/mol. The van der Waals surface area contributed by atoms with Gasteiger partial charge in [0.2, 0.25) is 0 Å². The maximum Gasteiger partial charge on any atom is 0.322 e. The second-order valence-corrected chi connectivity index (χ2v) is 6.61. The Kier molecular flexibility index (Phi) is 6.63. The number of amides is 4. The molecule has 0 saturated carbocycles. The van der Waals surface area contributed by atoms with Gasteiger partial charge < -0.3 is 20.1 Å². The minimum atomic E-state index is -1.02. The van der Waals surface area contributed by atoms with Gasteiger partial charge in [-0.25, -0.2) is 4.79 Å². The number of hydrogen-bond donors (Lipinski definition) is 3. The largest absolute Gasteiger partial charge is 0.457 e. The van der Waals surface area contributed by atoms with Crippen molar-refractivity contribution >= 4 is 29.5 Å². The smallest absolute Gasteiger partial charge is 0.322 e. The highest BCUT2D eigenvalue weighted by Gasteiger charge is 2.30. The average molecular weight is 411 g/mol. The van der Waals surface area contributed by atoms with Crippen molar-refractivity contribution in [1.29, 1.82) is 0 Å². The van der Waals surface area contributed by atoms with Crippen LogP contribution in [0.1, 0.15) is 19.8 Å². The van der Waals surface area contributed by atoms with E-state index in [2.05, 4.69) is 16.0 Å². The maximum atomic E-state index is 12.2. The quantitative estimate of drug-likeness (QED) is 0.453. The van der Waals surface area contributed by atoms with Crippen molar-refractivity contribution in [2.24, 2.45) is 0 Å². The van der Waals surface area contributed by atoms with E-state index >= 15 is 0 Å². The number of urea groups is 1. The summed E-state index contributed by atoms with van der Waals surface area (Å²) in [6, 6.07) is 14.7. The molecule has 0 spiro atoms. The van der Waals surface area contributed by atoms with Crippen molar-refractivity contribution in [3.8, 4) is 11.5 Å². The lowest BCUT2D eigenvalue weighted by Gasteiger charge is -2.14. The number of rotatable bonds is 8. The standard InChI is InChI=1S/C21H21N3O6/c1-13(29-18(25)12-11-17-20(27)24-21(28)23-17)19(26)22-14-7-9-16(10-8-14)30-15-5-3-2-4-6-15/h2-10,13,17H,11-12H2,1H3,(H,22,26)(H2,23,24,27,28). The topological polar surface area (TPSA) is 123 Å². The third-order valence-electron chi connectivity index (χ3n) is 4.27. The van der Waals surface area contributed by atoms with Crippen LogP contribution in [0.4, 0.5) is 10.5 Å². The van der Waals surface area contributed by atoms with Crippen molar-refractivity contribution < 1.29 is 28.7 Å². The van der Waals surface area contributed by atoms with Gasteiger partial charge in [-0.05, 0) is 49.7 Å². The van der Waals surface area contributed by atoms with E-state index in [4.69, 9.17) is 9.47 Å². The van der Waals surface area contributed by atoms with Crippen LogP contribution in [0, 0.1) is 0 Å². The summed E-state index contributed by atoms with van der Waals surface area (Å²) in [4.78, 5) is 46.6. The van der Waals surface area contributed by atoms with Crippen LogP contribution < -0.4 is 20.7 Å². The monoisotopic (exact) mass is 411 g/mol. The van der Waals surface area contributed by atoms with E-state index in [1.54, 1.807) is 24.3 Å². The Hall–Kier alpha value is -3.88. The molecule has 2 aromatic carbocycles. The molecule has 156 valence electrons. The molecule has 2 unspecified atom stereocenters. The van der Waals surface area contributed by atoms with E-state index in [1.165, 1.54) is 6.92 Å². The highest BCUT2D eigenvalue weighted by Crippen LogP contribution is 2.22. The predicted molar refractivity (Wildman–Crippen MR) is 107 cm³/mol. The fourth-order valence-corrected chi connectivity index (χ4v) is 2.71. The molecule has 9 nitrogen and oxygen atoms in total. The van der Waals surface area contributed by atoms with E-state index in [0.717, 1.165) is 0 Å². The Balaban J connectivity index is 1.43. The minimum absolute atomic E-state index is 0.0909. The Morgan fingerprint density at radius 3 is 2.33 bits per heavy atom. The van der Waals surface area contributed by atoms with Crippen LogP contribution in [0.15, 0.2) is 54.6 Å². The molecule has 2 aromatic rings. The normalized spacial score (nSPS) is 16.2. The van der Waals surface area contributed by atoms with Crippen molar-refractivity contribution in [2.75, 3.05) is 5.32 Å². The molecule has 0 aliphatic carbocycles. The van der Waals surface area contributed by atoms with Crippen molar-refractivity contribution in [3.05, 3.63) is 54.6 Å². The Bertz CT molecular complexity index is 930. The van der Waals surface area contributed by atoms with E-state index in [0.29, 0.717) is 17.2 Å². The van der Waals surface area contributed by atoms with Gasteiger partial charge in [-0.3, -0.25) is 19.7 Å². The lowest BCUT2D eigenvalue weighted by Crippen LogP contribution is -2.32. The molecule has 9 heteroatoms. The van der Waals surface area contributed by atoms with Crippen LogP contribution in [0.5, 0.6) is 11.5 Å². The fraction of sp³-hybridized carbons (Fsp3) is 0.238. The number of carbonyl (C=O) groups excluding carboxylic acids is 4. The molecule has 1 aliphatic rings. The van der Waals surface area contributed by atoms with E-state index in [-0.39, 0.29) is 12.8 Å². The Morgan fingerprint density at radius 1 is 1.03 bits per heavy atom. The first kappa shape index (κ1) is 20.8. The van der Waals surface area contributed by atoms with Gasteiger partial charge in [-0.15, -0.1) is 0 Å². The third kappa shape index (κ3) is 5.81. The lowest BCUT2D eigenvalue weighted by atomic mass is 10.1. The first-order valence-electron chi connectivity index (χ1n) is 9.35. The van der Waals surface area contributed by atoms with Crippen LogP contribution in [0.25, 0.3) is 0 Å².